The predicted molar refractivity (Wildman–Crippen MR) is 74.3 cm³/mol. The van der Waals surface area contributed by atoms with E-state index in [1.807, 2.05) is 0 Å². The minimum atomic E-state index is 0. The van der Waals surface area contributed by atoms with Crippen molar-refractivity contribution in [2.75, 3.05) is 0 Å². The van der Waals surface area contributed by atoms with E-state index in [1.165, 1.54) is 22.3 Å². The fourth-order valence-electron chi connectivity index (χ4n) is 1.44. The van der Waals surface area contributed by atoms with E-state index in [4.69, 9.17) is 0 Å². The third kappa shape index (κ3) is 14.0. The van der Waals surface area contributed by atoms with Gasteiger partial charge in [0, 0.05) is 0 Å². The summed E-state index contributed by atoms with van der Waals surface area (Å²) in [6.45, 7) is 14.4. The molecule has 0 unspecified atom stereocenters. The molecule has 0 heterocycles. The van der Waals surface area contributed by atoms with Crippen molar-refractivity contribution in [3.63, 3.8) is 0 Å². The first kappa shape index (κ1) is 27.1. The summed E-state index contributed by atoms with van der Waals surface area (Å²) in [5.41, 5.74) is 5.44. The van der Waals surface area contributed by atoms with Crippen LogP contribution in [-0.2, 0) is 21.7 Å². The molecule has 0 aliphatic rings. The molecule has 0 aromatic heterocycles. The fourth-order valence-corrected chi connectivity index (χ4v) is 1.44. The van der Waals surface area contributed by atoms with Crippen molar-refractivity contribution in [1.29, 1.82) is 0 Å². The second kappa shape index (κ2) is 15.8. The third-order valence-corrected chi connectivity index (χ3v) is 2.13. The predicted octanol–water partition coefficient (Wildman–Crippen LogP) is -1.15. The molecule has 0 radical (unpaired) electrons. The van der Waals surface area contributed by atoms with Crippen molar-refractivity contribution in [3.8, 4) is 0 Å². The third-order valence-electron chi connectivity index (χ3n) is 2.13. The van der Waals surface area contributed by atoms with Crippen LogP contribution in [0.3, 0.4) is 0 Å². The van der Waals surface area contributed by atoms with Crippen molar-refractivity contribution in [3.05, 3.63) is 71.8 Å². The van der Waals surface area contributed by atoms with Crippen LogP contribution in [0.4, 0.5) is 0 Å². The molecule has 2 aromatic carbocycles. The maximum atomic E-state index is 3.00. The quantitative estimate of drug-likeness (QED) is 0.325. The number of hydrogen-bond acceptors (Lipinski definition) is 0. The summed E-state index contributed by atoms with van der Waals surface area (Å²) in [7, 11) is 0. The molecule has 0 nitrogen and oxygen atoms in total. The molecule has 0 fully saturated rings. The zero-order valence-corrected chi connectivity index (χ0v) is 15.2. The number of hydrogen-bond donors (Lipinski definition) is 0. The number of aryl methyl sites for hydroxylation is 4. The molecule has 0 aliphatic carbocycles. The van der Waals surface area contributed by atoms with E-state index in [0.29, 0.717) is 0 Å². The van der Waals surface area contributed by atoms with Crippen LogP contribution in [0.15, 0.2) is 49.6 Å². The molecule has 0 bridgehead atoms. The Bertz CT molecular complexity index is 331. The molecule has 0 amide bonds. The molecule has 0 saturated carbocycles. The summed E-state index contributed by atoms with van der Waals surface area (Å²) < 4.78 is 0. The van der Waals surface area contributed by atoms with Crippen molar-refractivity contribution in [1.82, 2.24) is 0 Å². The van der Waals surface area contributed by atoms with Gasteiger partial charge in [-0.25, -0.2) is 23.3 Å². The summed E-state index contributed by atoms with van der Waals surface area (Å²) >= 11 is 0. The van der Waals surface area contributed by atoms with E-state index in [0.717, 1.165) is 0 Å². The minimum absolute atomic E-state index is 0. The molecule has 3 heteroatoms. The molecule has 0 atom stereocenters. The Morgan fingerprint density at radius 3 is 1.05 bits per heavy atom. The van der Waals surface area contributed by atoms with E-state index < -0.39 is 0 Å². The van der Waals surface area contributed by atoms with Crippen molar-refractivity contribution in [2.24, 2.45) is 0 Å². The zero-order chi connectivity index (χ0) is 12.6. The topological polar surface area (TPSA) is 0 Å². The summed E-state index contributed by atoms with van der Waals surface area (Å²) in [6, 6.07) is 12.8. The average molecular weight is 333 g/mol. The van der Waals surface area contributed by atoms with Crippen LogP contribution >= 0.6 is 0 Å². The van der Waals surface area contributed by atoms with Gasteiger partial charge in [-0.1, -0.05) is 27.7 Å². The molecule has 19 heavy (non-hydrogen) atoms. The van der Waals surface area contributed by atoms with Crippen LogP contribution in [-0.4, -0.2) is 0 Å². The Morgan fingerprint density at radius 2 is 1.00 bits per heavy atom. The first-order valence-corrected chi connectivity index (χ1v) is 5.48. The second-order valence-corrected chi connectivity index (χ2v) is 3.93. The Kier molecular flexibility index (Phi) is 22.6. The van der Waals surface area contributed by atoms with Gasteiger partial charge in [0.05, 0.1) is 0 Å². The summed E-state index contributed by atoms with van der Waals surface area (Å²) in [4.78, 5) is 0. The van der Waals surface area contributed by atoms with Crippen LogP contribution in [0.5, 0.6) is 0 Å². The average Bonchev–Trinajstić information content (AvgIpc) is 2.80. The normalized spacial score (nSPS) is 7.16. The van der Waals surface area contributed by atoms with Gasteiger partial charge in [0.15, 0.2) is 0 Å². The van der Waals surface area contributed by atoms with Gasteiger partial charge in [-0.05, 0) is 0 Å². The Labute approximate surface area is 145 Å². The maximum absolute atomic E-state index is 3.00. The second-order valence-electron chi connectivity index (χ2n) is 3.93. The largest absolute Gasteiger partial charge is 4.00 e. The first-order chi connectivity index (χ1) is 7.58. The van der Waals surface area contributed by atoms with E-state index in [-0.39, 0.29) is 46.5 Å². The molecule has 0 spiro atoms. The SMILES string of the molecule is C=C.Cc1c[cH-]c(C)c1.Cc1c[cH-]c(C)c1.[Cl-].[Cl-].[Ti+4]. The molecule has 0 saturated heterocycles. The van der Waals surface area contributed by atoms with E-state index >= 15 is 0 Å². The standard InChI is InChI=1S/2C7H9.C2H4.2ClH.Ti/c2*1-6-3-4-7(2)5-6;1-2;;;/h2*3-5H,1-2H3;1-2H2;2*1H;/q2*-1;;;;+4/p-2. The molecule has 104 valence electrons. The van der Waals surface area contributed by atoms with Gasteiger partial charge in [-0.3, -0.25) is 0 Å². The Balaban J connectivity index is -0.0000000919. The van der Waals surface area contributed by atoms with Crippen LogP contribution in [0.2, 0.25) is 0 Å². The van der Waals surface area contributed by atoms with Gasteiger partial charge < -0.3 is 24.8 Å². The monoisotopic (exact) mass is 332 g/mol. The molecular formula is C16H22Cl2Ti. The van der Waals surface area contributed by atoms with Crippen LogP contribution < -0.4 is 24.8 Å². The molecular weight excluding hydrogens is 311 g/mol. The number of halogens is 2. The fraction of sp³-hybridized carbons (Fsp3) is 0.250. The minimum Gasteiger partial charge on any atom is -1.00 e. The van der Waals surface area contributed by atoms with Crippen molar-refractivity contribution < 1.29 is 46.5 Å². The van der Waals surface area contributed by atoms with E-state index in [1.54, 1.807) is 0 Å². The van der Waals surface area contributed by atoms with Crippen LogP contribution in [0.25, 0.3) is 0 Å². The van der Waals surface area contributed by atoms with Crippen molar-refractivity contribution in [2.45, 2.75) is 27.7 Å². The molecule has 2 aromatic rings. The van der Waals surface area contributed by atoms with Gasteiger partial charge in [0.1, 0.15) is 0 Å². The molecule has 0 aliphatic heterocycles. The van der Waals surface area contributed by atoms with Crippen LogP contribution in [0, 0.1) is 27.7 Å². The molecule has 2 rings (SSSR count). The zero-order valence-electron chi connectivity index (χ0n) is 12.1. The summed E-state index contributed by atoms with van der Waals surface area (Å²) in [5, 5.41) is 0. The maximum Gasteiger partial charge on any atom is 4.00 e. The smallest absolute Gasteiger partial charge is 1.00 e. The van der Waals surface area contributed by atoms with Gasteiger partial charge in [-0.15, -0.1) is 13.2 Å². The van der Waals surface area contributed by atoms with Crippen molar-refractivity contribution >= 4 is 0 Å². The van der Waals surface area contributed by atoms with Gasteiger partial charge in [0.2, 0.25) is 0 Å². The van der Waals surface area contributed by atoms with Gasteiger partial charge >= 0.3 is 21.7 Å². The van der Waals surface area contributed by atoms with Crippen LogP contribution in [0.1, 0.15) is 22.3 Å². The molecule has 0 N–H and O–H groups in total. The number of rotatable bonds is 0. The Morgan fingerprint density at radius 1 is 0.737 bits per heavy atom. The first-order valence-electron chi connectivity index (χ1n) is 5.48. The Hall–Kier alpha value is -0.266. The van der Waals surface area contributed by atoms with E-state index in [2.05, 4.69) is 77.3 Å². The van der Waals surface area contributed by atoms with E-state index in [9.17, 15) is 0 Å². The summed E-state index contributed by atoms with van der Waals surface area (Å²) in [5.74, 6) is 0. The summed E-state index contributed by atoms with van der Waals surface area (Å²) in [6.07, 6.45) is 0. The van der Waals surface area contributed by atoms with Gasteiger partial charge in [-0.2, -0.15) is 35.4 Å². The van der Waals surface area contributed by atoms with Gasteiger partial charge in [0.25, 0.3) is 0 Å².